The van der Waals surface area contributed by atoms with Crippen LogP contribution in [0.25, 0.3) is 11.5 Å². The fourth-order valence-corrected chi connectivity index (χ4v) is 3.67. The van der Waals surface area contributed by atoms with Gasteiger partial charge in [-0.1, -0.05) is 0 Å². The molecule has 29 heavy (non-hydrogen) atoms. The van der Waals surface area contributed by atoms with E-state index in [9.17, 15) is 13.6 Å². The van der Waals surface area contributed by atoms with Gasteiger partial charge >= 0.3 is 0 Å². The number of anilines is 3. The van der Waals surface area contributed by atoms with Gasteiger partial charge in [-0.2, -0.15) is 4.98 Å². The van der Waals surface area contributed by atoms with E-state index in [0.29, 0.717) is 37.3 Å². The number of halogens is 2. The molecule has 0 aliphatic carbocycles. The van der Waals surface area contributed by atoms with E-state index in [1.54, 1.807) is 11.0 Å². The average molecular weight is 398 g/mol. The third-order valence-corrected chi connectivity index (χ3v) is 5.16. The van der Waals surface area contributed by atoms with E-state index in [1.165, 1.54) is 12.1 Å². The Bertz CT molecular complexity index is 1040. The molecule has 1 aromatic heterocycles. The van der Waals surface area contributed by atoms with Crippen LogP contribution < -0.4 is 9.80 Å². The molecule has 2 aromatic carbocycles. The number of carbonyl (C=O) groups is 1. The zero-order valence-corrected chi connectivity index (χ0v) is 16.2. The lowest BCUT2D eigenvalue weighted by atomic mass is 10.1. The summed E-state index contributed by atoms with van der Waals surface area (Å²) >= 11 is 0. The van der Waals surface area contributed by atoms with E-state index in [0.717, 1.165) is 17.5 Å². The molecule has 0 unspecified atom stereocenters. The molecule has 0 N–H and O–H groups in total. The summed E-state index contributed by atoms with van der Waals surface area (Å²) in [6.07, 6.45) is 1.50. The second-order valence-corrected chi connectivity index (χ2v) is 6.76. The van der Waals surface area contributed by atoms with Gasteiger partial charge < -0.3 is 14.3 Å². The summed E-state index contributed by atoms with van der Waals surface area (Å²) in [7, 11) is 0. The fourth-order valence-electron chi connectivity index (χ4n) is 3.67. The lowest BCUT2D eigenvalue weighted by Gasteiger charge is -2.21. The number of aromatic nitrogens is 2. The molecule has 0 spiro atoms. The van der Waals surface area contributed by atoms with Crippen LogP contribution in [0, 0.1) is 11.6 Å². The van der Waals surface area contributed by atoms with Crippen molar-refractivity contribution in [2.24, 2.45) is 0 Å². The Morgan fingerprint density at radius 2 is 1.90 bits per heavy atom. The molecule has 3 aromatic rings. The van der Waals surface area contributed by atoms with E-state index in [2.05, 4.69) is 10.1 Å². The van der Waals surface area contributed by atoms with E-state index >= 15 is 0 Å². The molecular formula is C21H20F2N4O2. The number of benzene rings is 2. The molecule has 0 bridgehead atoms. The Balaban J connectivity index is 1.67. The molecule has 6 nitrogen and oxygen atoms in total. The predicted molar refractivity (Wildman–Crippen MR) is 106 cm³/mol. The minimum Gasteiger partial charge on any atom is -0.372 e. The van der Waals surface area contributed by atoms with Crippen molar-refractivity contribution < 1.29 is 18.1 Å². The number of hydrogen-bond acceptors (Lipinski definition) is 6. The third kappa shape index (κ3) is 3.35. The Hall–Kier alpha value is -3.29. The molecule has 0 amide bonds. The Kier molecular flexibility index (Phi) is 5.00. The van der Waals surface area contributed by atoms with Gasteiger partial charge in [-0.15, -0.1) is 0 Å². The fraction of sp³-hybridized carbons (Fsp3) is 0.286. The van der Waals surface area contributed by atoms with Crippen molar-refractivity contribution in [2.75, 3.05) is 29.4 Å². The molecule has 150 valence electrons. The Labute approximate surface area is 166 Å². The first kappa shape index (κ1) is 19.0. The van der Waals surface area contributed by atoms with Crippen LogP contribution in [0.2, 0.25) is 0 Å². The summed E-state index contributed by atoms with van der Waals surface area (Å²) in [5.74, 6) is -1.48. The summed E-state index contributed by atoms with van der Waals surface area (Å²) in [6.45, 7) is 5.70. The van der Waals surface area contributed by atoms with Gasteiger partial charge in [0.25, 0.3) is 11.8 Å². The third-order valence-electron chi connectivity index (χ3n) is 5.16. The lowest BCUT2D eigenvalue weighted by Crippen LogP contribution is -2.22. The first-order valence-electron chi connectivity index (χ1n) is 9.49. The van der Waals surface area contributed by atoms with Crippen LogP contribution in [0.1, 0.15) is 29.8 Å². The Morgan fingerprint density at radius 3 is 2.55 bits per heavy atom. The lowest BCUT2D eigenvalue weighted by molar-refractivity contribution is 0.112. The van der Waals surface area contributed by atoms with Crippen LogP contribution in [-0.2, 0) is 6.42 Å². The second kappa shape index (κ2) is 7.62. The maximum atomic E-state index is 14.7. The van der Waals surface area contributed by atoms with Crippen molar-refractivity contribution in [3.63, 3.8) is 0 Å². The standard InChI is InChI=1S/C21H20F2N4O2/c1-3-26(4-2)15-10-16(22)19(17(23)11-15)20-24-21(25-29-20)27-8-7-14-9-13(12-28)5-6-18(14)27/h5-6,9-12H,3-4,7-8H2,1-2H3. The topological polar surface area (TPSA) is 62.5 Å². The molecule has 0 fully saturated rings. The highest BCUT2D eigenvalue weighted by molar-refractivity contribution is 5.78. The van der Waals surface area contributed by atoms with Crippen LogP contribution >= 0.6 is 0 Å². The minimum absolute atomic E-state index is 0.209. The van der Waals surface area contributed by atoms with E-state index in [4.69, 9.17) is 4.52 Å². The maximum absolute atomic E-state index is 14.7. The molecule has 0 saturated heterocycles. The normalized spacial score (nSPS) is 12.9. The van der Waals surface area contributed by atoms with Crippen molar-refractivity contribution in [3.05, 3.63) is 53.1 Å². The van der Waals surface area contributed by atoms with Crippen LogP contribution in [0.15, 0.2) is 34.9 Å². The average Bonchev–Trinajstić information content (AvgIpc) is 3.34. The summed E-state index contributed by atoms with van der Waals surface area (Å²) < 4.78 is 34.6. The number of fused-ring (bicyclic) bond motifs is 1. The maximum Gasteiger partial charge on any atom is 0.270 e. The second-order valence-electron chi connectivity index (χ2n) is 6.76. The van der Waals surface area contributed by atoms with Gasteiger partial charge in [-0.05, 0) is 61.3 Å². The number of nitrogens with zero attached hydrogens (tertiary/aromatic N) is 4. The molecular weight excluding hydrogens is 378 g/mol. The molecule has 0 saturated carbocycles. The van der Waals surface area contributed by atoms with E-state index < -0.39 is 11.6 Å². The summed E-state index contributed by atoms with van der Waals surface area (Å²) in [4.78, 5) is 18.8. The molecule has 1 aliphatic heterocycles. The largest absolute Gasteiger partial charge is 0.372 e. The number of rotatable bonds is 6. The van der Waals surface area contributed by atoms with Gasteiger partial charge in [0.15, 0.2) is 0 Å². The molecule has 4 rings (SSSR count). The molecule has 0 atom stereocenters. The van der Waals surface area contributed by atoms with Crippen LogP contribution in [0.4, 0.5) is 26.1 Å². The number of hydrogen-bond donors (Lipinski definition) is 0. The zero-order chi connectivity index (χ0) is 20.5. The van der Waals surface area contributed by atoms with Crippen LogP contribution in [0.3, 0.4) is 0 Å². The van der Waals surface area contributed by atoms with E-state index in [1.807, 2.05) is 30.9 Å². The van der Waals surface area contributed by atoms with Crippen molar-refractivity contribution >= 4 is 23.6 Å². The van der Waals surface area contributed by atoms with E-state index in [-0.39, 0.29) is 17.4 Å². The monoisotopic (exact) mass is 398 g/mol. The van der Waals surface area contributed by atoms with Gasteiger partial charge in [0.05, 0.1) is 0 Å². The summed E-state index contributed by atoms with van der Waals surface area (Å²) in [5, 5.41) is 3.91. The summed E-state index contributed by atoms with van der Waals surface area (Å²) in [6, 6.07) is 7.88. The van der Waals surface area contributed by atoms with Gasteiger partial charge in [0.1, 0.15) is 23.5 Å². The van der Waals surface area contributed by atoms with Crippen LogP contribution in [0.5, 0.6) is 0 Å². The first-order valence-corrected chi connectivity index (χ1v) is 9.49. The first-order chi connectivity index (χ1) is 14.0. The van der Waals surface area contributed by atoms with Crippen molar-refractivity contribution in [1.82, 2.24) is 10.1 Å². The van der Waals surface area contributed by atoms with Gasteiger partial charge in [0, 0.05) is 36.6 Å². The SMILES string of the molecule is CCN(CC)c1cc(F)c(-c2nc(N3CCc4cc(C=O)ccc43)no2)c(F)c1. The Morgan fingerprint density at radius 1 is 1.17 bits per heavy atom. The highest BCUT2D eigenvalue weighted by Gasteiger charge is 2.27. The highest BCUT2D eigenvalue weighted by Crippen LogP contribution is 2.35. The molecule has 2 heterocycles. The molecule has 0 radical (unpaired) electrons. The smallest absolute Gasteiger partial charge is 0.270 e. The minimum atomic E-state index is -0.750. The van der Waals surface area contributed by atoms with Gasteiger partial charge in [-0.25, -0.2) is 8.78 Å². The summed E-state index contributed by atoms with van der Waals surface area (Å²) in [5.41, 5.74) is 2.56. The van der Waals surface area contributed by atoms with Crippen molar-refractivity contribution in [1.29, 1.82) is 0 Å². The van der Waals surface area contributed by atoms with Crippen LogP contribution in [-0.4, -0.2) is 36.1 Å². The molecule has 1 aliphatic rings. The van der Waals surface area contributed by atoms with Crippen molar-refractivity contribution in [2.45, 2.75) is 20.3 Å². The van der Waals surface area contributed by atoms with Gasteiger partial charge in [-0.3, -0.25) is 4.79 Å². The highest BCUT2D eigenvalue weighted by atomic mass is 19.1. The van der Waals surface area contributed by atoms with Gasteiger partial charge in [0.2, 0.25) is 0 Å². The molecule has 8 heteroatoms. The predicted octanol–water partition coefficient (Wildman–Crippen LogP) is 4.37. The number of aldehydes is 1. The zero-order valence-electron chi connectivity index (χ0n) is 16.2. The van der Waals surface area contributed by atoms with Crippen molar-refractivity contribution in [3.8, 4) is 11.5 Å². The quantitative estimate of drug-likeness (QED) is 0.575. The number of carbonyl (C=O) groups excluding carboxylic acids is 1.